The number of carbonyl (C=O) groups excluding carboxylic acids is 1. The largest absolute Gasteiger partial charge is 0.377 e. The van der Waals surface area contributed by atoms with Crippen LogP contribution in [0.25, 0.3) is 0 Å². The van der Waals surface area contributed by atoms with Crippen molar-refractivity contribution in [2.24, 2.45) is 5.92 Å². The lowest BCUT2D eigenvalue weighted by molar-refractivity contribution is -0.135. The standard InChI is InChI=1S/C24H29FN2O2S/c1-4-27(24(15-29-16-24)20-6-8-21(25)9-7-20)30-22-10-5-18-11-12-26(14-19(18)13-22)23(28)17(2)3/h5-10,13,17H,4,11-12,14-16H2,1-3H3. The Morgan fingerprint density at radius 1 is 1.20 bits per heavy atom. The number of hydrogen-bond acceptors (Lipinski definition) is 4. The van der Waals surface area contributed by atoms with Gasteiger partial charge in [0.05, 0.1) is 13.2 Å². The fourth-order valence-corrected chi connectivity index (χ4v) is 5.33. The molecule has 0 bridgehead atoms. The predicted octanol–water partition coefficient (Wildman–Crippen LogP) is 4.62. The van der Waals surface area contributed by atoms with E-state index in [9.17, 15) is 9.18 Å². The van der Waals surface area contributed by atoms with Gasteiger partial charge >= 0.3 is 0 Å². The van der Waals surface area contributed by atoms with Crippen LogP contribution in [-0.4, -0.2) is 41.4 Å². The number of nitrogens with zero attached hydrogens (tertiary/aromatic N) is 2. The quantitative estimate of drug-likeness (QED) is 0.629. The van der Waals surface area contributed by atoms with Crippen LogP contribution in [0.1, 0.15) is 37.5 Å². The van der Waals surface area contributed by atoms with Crippen LogP contribution in [0.3, 0.4) is 0 Å². The SMILES string of the molecule is CCN(Sc1ccc2c(c1)CN(C(=O)C(C)C)CC2)C1(c2ccc(F)cc2)COC1. The number of hydrogen-bond donors (Lipinski definition) is 0. The normalized spacial score (nSPS) is 17.7. The first-order valence-electron chi connectivity index (χ1n) is 10.6. The van der Waals surface area contributed by atoms with Gasteiger partial charge in [-0.05, 0) is 59.3 Å². The summed E-state index contributed by atoms with van der Waals surface area (Å²) in [5.74, 6) is 0.0182. The highest BCUT2D eigenvalue weighted by Crippen LogP contribution is 2.42. The molecule has 6 heteroatoms. The van der Waals surface area contributed by atoms with Gasteiger partial charge in [0.25, 0.3) is 0 Å². The van der Waals surface area contributed by atoms with E-state index >= 15 is 0 Å². The molecule has 1 fully saturated rings. The average molecular weight is 429 g/mol. The predicted molar refractivity (Wildman–Crippen MR) is 118 cm³/mol. The number of likely N-dealkylation sites (N-methyl/N-ethyl adjacent to an activating group) is 1. The van der Waals surface area contributed by atoms with E-state index in [-0.39, 0.29) is 23.2 Å². The maximum atomic E-state index is 13.4. The molecule has 1 amide bonds. The Morgan fingerprint density at radius 3 is 2.53 bits per heavy atom. The molecule has 0 N–H and O–H groups in total. The summed E-state index contributed by atoms with van der Waals surface area (Å²) in [7, 11) is 0. The molecule has 0 radical (unpaired) electrons. The fraction of sp³-hybridized carbons (Fsp3) is 0.458. The minimum absolute atomic E-state index is 0.0221. The van der Waals surface area contributed by atoms with Crippen molar-refractivity contribution in [3.8, 4) is 0 Å². The molecule has 2 aliphatic rings. The summed E-state index contributed by atoms with van der Waals surface area (Å²) in [5, 5.41) is 0. The van der Waals surface area contributed by atoms with E-state index in [1.54, 1.807) is 11.9 Å². The summed E-state index contributed by atoms with van der Waals surface area (Å²) in [5.41, 5.74) is 3.39. The van der Waals surface area contributed by atoms with Crippen LogP contribution in [-0.2, 0) is 28.0 Å². The molecule has 160 valence electrons. The topological polar surface area (TPSA) is 32.8 Å². The average Bonchev–Trinajstić information content (AvgIpc) is 2.72. The molecule has 30 heavy (non-hydrogen) atoms. The molecule has 0 spiro atoms. The second kappa shape index (κ2) is 8.69. The van der Waals surface area contributed by atoms with E-state index in [0.717, 1.165) is 30.0 Å². The highest BCUT2D eigenvalue weighted by molar-refractivity contribution is 7.97. The number of carbonyl (C=O) groups is 1. The molecule has 2 aromatic rings. The summed E-state index contributed by atoms with van der Waals surface area (Å²) in [6.45, 7) is 9.56. The highest BCUT2D eigenvalue weighted by atomic mass is 32.2. The van der Waals surface area contributed by atoms with Crippen molar-refractivity contribution in [2.75, 3.05) is 26.3 Å². The van der Waals surface area contributed by atoms with E-state index in [4.69, 9.17) is 4.74 Å². The van der Waals surface area contributed by atoms with Crippen LogP contribution < -0.4 is 0 Å². The minimum atomic E-state index is -0.247. The molecular weight excluding hydrogens is 399 g/mol. The van der Waals surface area contributed by atoms with Crippen molar-refractivity contribution < 1.29 is 13.9 Å². The van der Waals surface area contributed by atoms with Crippen LogP contribution in [0.2, 0.25) is 0 Å². The molecule has 1 saturated heterocycles. The van der Waals surface area contributed by atoms with Gasteiger partial charge in [0.1, 0.15) is 11.4 Å². The summed E-state index contributed by atoms with van der Waals surface area (Å²) >= 11 is 1.72. The molecular formula is C24H29FN2O2S. The second-order valence-corrected chi connectivity index (χ2v) is 9.51. The molecule has 2 aliphatic heterocycles. The molecule has 4 nitrogen and oxygen atoms in total. The van der Waals surface area contributed by atoms with E-state index < -0.39 is 0 Å². The maximum absolute atomic E-state index is 13.4. The molecule has 0 atom stereocenters. The van der Waals surface area contributed by atoms with Gasteiger partial charge in [0.2, 0.25) is 5.91 Å². The van der Waals surface area contributed by atoms with Crippen LogP contribution in [0.5, 0.6) is 0 Å². The minimum Gasteiger partial charge on any atom is -0.377 e. The van der Waals surface area contributed by atoms with E-state index in [2.05, 4.69) is 29.4 Å². The molecule has 4 rings (SSSR count). The molecule has 2 heterocycles. The zero-order valence-corrected chi connectivity index (χ0v) is 18.7. The maximum Gasteiger partial charge on any atom is 0.225 e. The molecule has 2 aromatic carbocycles. The number of rotatable bonds is 6. The van der Waals surface area contributed by atoms with E-state index in [1.165, 1.54) is 23.3 Å². The lowest BCUT2D eigenvalue weighted by Gasteiger charge is -2.49. The van der Waals surface area contributed by atoms with Gasteiger partial charge in [-0.15, -0.1) is 0 Å². The van der Waals surface area contributed by atoms with Crippen molar-refractivity contribution >= 4 is 17.9 Å². The lowest BCUT2D eigenvalue weighted by Crippen LogP contribution is -2.56. The smallest absolute Gasteiger partial charge is 0.225 e. The second-order valence-electron chi connectivity index (χ2n) is 8.41. The third kappa shape index (κ3) is 4.01. The number of ether oxygens (including phenoxy) is 1. The summed E-state index contributed by atoms with van der Waals surface area (Å²) < 4.78 is 21.4. The Morgan fingerprint density at radius 2 is 1.93 bits per heavy atom. The van der Waals surface area contributed by atoms with Gasteiger partial charge in [0.15, 0.2) is 0 Å². The first-order valence-corrected chi connectivity index (χ1v) is 11.4. The number of halogens is 1. The zero-order valence-electron chi connectivity index (χ0n) is 17.9. The van der Waals surface area contributed by atoms with Gasteiger partial charge in [-0.3, -0.25) is 4.79 Å². The van der Waals surface area contributed by atoms with Crippen LogP contribution in [0.15, 0.2) is 47.4 Å². The van der Waals surface area contributed by atoms with Gasteiger partial charge in [-0.1, -0.05) is 39.0 Å². The van der Waals surface area contributed by atoms with Crippen LogP contribution in [0.4, 0.5) is 4.39 Å². The first kappa shape index (κ1) is 21.3. The molecule has 0 aliphatic carbocycles. The van der Waals surface area contributed by atoms with E-state index in [0.29, 0.717) is 19.8 Å². The zero-order chi connectivity index (χ0) is 21.3. The number of amides is 1. The Kier molecular flexibility index (Phi) is 6.19. The third-order valence-electron chi connectivity index (χ3n) is 6.04. The Hall–Kier alpha value is -1.89. The van der Waals surface area contributed by atoms with Crippen molar-refractivity contribution in [1.29, 1.82) is 0 Å². The fourth-order valence-electron chi connectivity index (χ4n) is 4.24. The van der Waals surface area contributed by atoms with Gasteiger partial charge in [-0.2, -0.15) is 0 Å². The van der Waals surface area contributed by atoms with Crippen LogP contribution >= 0.6 is 11.9 Å². The number of fused-ring (bicyclic) bond motifs is 1. The summed E-state index contributed by atoms with van der Waals surface area (Å²) in [4.78, 5) is 15.6. The van der Waals surface area contributed by atoms with E-state index in [1.807, 2.05) is 30.9 Å². The monoisotopic (exact) mass is 428 g/mol. The van der Waals surface area contributed by atoms with Gasteiger partial charge < -0.3 is 9.64 Å². The number of benzene rings is 2. The molecule has 0 unspecified atom stereocenters. The molecule has 0 saturated carbocycles. The van der Waals surface area contributed by atoms with Crippen molar-refractivity contribution in [2.45, 2.75) is 44.2 Å². The van der Waals surface area contributed by atoms with Crippen LogP contribution in [0, 0.1) is 11.7 Å². The van der Waals surface area contributed by atoms with Crippen molar-refractivity contribution in [3.63, 3.8) is 0 Å². The third-order valence-corrected chi connectivity index (χ3v) is 7.33. The Balaban J connectivity index is 1.55. The first-order chi connectivity index (χ1) is 14.4. The van der Waals surface area contributed by atoms with Gasteiger partial charge in [0, 0.05) is 30.4 Å². The Bertz CT molecular complexity index is 912. The molecule has 0 aromatic heterocycles. The summed E-state index contributed by atoms with van der Waals surface area (Å²) in [6.07, 6.45) is 0.906. The Labute approximate surface area is 182 Å². The van der Waals surface area contributed by atoms with Gasteiger partial charge in [-0.25, -0.2) is 8.70 Å². The lowest BCUT2D eigenvalue weighted by atomic mass is 9.88. The van der Waals surface area contributed by atoms with Crippen molar-refractivity contribution in [3.05, 3.63) is 65.0 Å². The summed E-state index contributed by atoms with van der Waals surface area (Å²) in [6, 6.07) is 13.4. The highest BCUT2D eigenvalue weighted by Gasteiger charge is 2.46. The van der Waals surface area contributed by atoms with Crippen molar-refractivity contribution in [1.82, 2.24) is 9.21 Å².